The molecular formula is C61H48F22O3. The van der Waals surface area contributed by atoms with Gasteiger partial charge in [0.05, 0.1) is 22.3 Å². The Labute approximate surface area is 477 Å². The molecule has 0 fully saturated rings. The molecule has 0 aliphatic carbocycles. The first kappa shape index (κ1) is 70.4. The lowest BCUT2D eigenvalue weighted by Crippen LogP contribution is -2.54. The maximum atomic E-state index is 15.0. The fraction of sp³-hybridized carbons (Fsp3) is 0.246. The number of hydrogen-bond acceptors (Lipinski definition) is 3. The normalized spacial score (nSPS) is 12.3. The van der Waals surface area contributed by atoms with Crippen LogP contribution in [0, 0.1) is 96.5 Å². The summed E-state index contributed by atoms with van der Waals surface area (Å²) in [6.45, 7) is 11.5. The summed E-state index contributed by atoms with van der Waals surface area (Å²) in [5.74, 6) is -40.7. The van der Waals surface area contributed by atoms with Gasteiger partial charge in [0.2, 0.25) is 40.2 Å². The van der Waals surface area contributed by atoms with Crippen LogP contribution in [0.4, 0.5) is 96.6 Å². The van der Waals surface area contributed by atoms with Crippen LogP contribution in [0.3, 0.4) is 0 Å². The van der Waals surface area contributed by atoms with Gasteiger partial charge >= 0.3 is 12.4 Å². The van der Waals surface area contributed by atoms with E-state index >= 15 is 0 Å². The Balaban J connectivity index is 0.000000337. The zero-order valence-corrected chi connectivity index (χ0v) is 46.2. The van der Waals surface area contributed by atoms with E-state index in [0.717, 1.165) is 45.4 Å². The monoisotopic (exact) mass is 1250 g/mol. The van der Waals surface area contributed by atoms with Crippen LogP contribution >= 0.6 is 0 Å². The van der Waals surface area contributed by atoms with Crippen LogP contribution in [0.2, 0.25) is 0 Å². The molecule has 0 amide bonds. The molecule has 0 atom stereocenters. The summed E-state index contributed by atoms with van der Waals surface area (Å²) >= 11 is 0. The Morgan fingerprint density at radius 3 is 1.06 bits per heavy atom. The van der Waals surface area contributed by atoms with Gasteiger partial charge in [0.15, 0.2) is 52.4 Å². The smallest absolute Gasteiger partial charge is 0.411 e. The van der Waals surface area contributed by atoms with Crippen molar-refractivity contribution in [1.29, 1.82) is 0 Å². The molecule has 0 saturated carbocycles. The quantitative estimate of drug-likeness (QED) is 0.0753. The van der Waals surface area contributed by atoms with E-state index in [0.29, 0.717) is 35.6 Å². The van der Waals surface area contributed by atoms with Crippen LogP contribution in [0.1, 0.15) is 86.4 Å². The second kappa shape index (κ2) is 28.4. The molecule has 0 radical (unpaired) electrons. The van der Waals surface area contributed by atoms with Crippen LogP contribution in [-0.2, 0) is 5.41 Å². The second-order valence-corrected chi connectivity index (χ2v) is 18.8. The maximum Gasteiger partial charge on any atom is 0.411 e. The highest BCUT2D eigenvalue weighted by molar-refractivity contribution is 5.80. The van der Waals surface area contributed by atoms with Gasteiger partial charge in [-0.25, -0.2) is 52.7 Å². The van der Waals surface area contributed by atoms with Crippen molar-refractivity contribution in [3.8, 4) is 39.9 Å². The Morgan fingerprint density at radius 1 is 0.442 bits per heavy atom. The Morgan fingerprint density at radius 2 is 0.744 bits per heavy atom. The zero-order valence-electron chi connectivity index (χ0n) is 46.2. The van der Waals surface area contributed by atoms with Crippen molar-refractivity contribution < 1.29 is 111 Å². The van der Waals surface area contributed by atoms with Crippen molar-refractivity contribution in [1.82, 2.24) is 0 Å². The van der Waals surface area contributed by atoms with Crippen molar-refractivity contribution in [3.63, 3.8) is 0 Å². The van der Waals surface area contributed by atoms with Crippen molar-refractivity contribution in [2.75, 3.05) is 6.67 Å². The first-order chi connectivity index (χ1) is 40.0. The van der Waals surface area contributed by atoms with Crippen LogP contribution in [-0.4, -0.2) is 24.1 Å². The number of rotatable bonds is 12. The lowest BCUT2D eigenvalue weighted by molar-refractivity contribution is -0.288. The third kappa shape index (κ3) is 14.4. The van der Waals surface area contributed by atoms with E-state index in [1.807, 2.05) is 32.9 Å². The molecule has 25 heteroatoms. The number of ether oxygens (including phenoxy) is 2. The highest BCUT2D eigenvalue weighted by atomic mass is 19.4. The maximum absolute atomic E-state index is 15.0. The van der Waals surface area contributed by atoms with Crippen molar-refractivity contribution in [2.45, 2.75) is 86.0 Å². The summed E-state index contributed by atoms with van der Waals surface area (Å²) in [7, 11) is 0. The molecule has 7 aromatic rings. The van der Waals surface area contributed by atoms with E-state index in [4.69, 9.17) is 9.84 Å². The minimum atomic E-state index is -5.99. The van der Waals surface area contributed by atoms with Gasteiger partial charge in [-0.3, -0.25) is 0 Å². The van der Waals surface area contributed by atoms with Crippen molar-refractivity contribution >= 4 is 5.57 Å². The van der Waals surface area contributed by atoms with Gasteiger partial charge in [0, 0.05) is 11.5 Å². The molecule has 0 heterocycles. The summed E-state index contributed by atoms with van der Waals surface area (Å²) in [5.41, 5.74) is -14.3. The van der Waals surface area contributed by atoms with Crippen molar-refractivity contribution in [3.05, 3.63) is 223 Å². The minimum Gasteiger partial charge on any atom is -0.508 e. The molecule has 0 bridgehead atoms. The third-order valence-corrected chi connectivity index (χ3v) is 12.3. The lowest BCUT2D eigenvalue weighted by Gasteiger charge is -2.38. The average Bonchev–Trinajstić information content (AvgIpc) is 0.783. The molecular weight excluding hydrogens is 1200 g/mol. The van der Waals surface area contributed by atoms with E-state index in [-0.39, 0.29) is 17.9 Å². The van der Waals surface area contributed by atoms with Crippen molar-refractivity contribution in [2.24, 2.45) is 5.92 Å². The molecule has 0 aliphatic heterocycles. The zero-order chi connectivity index (χ0) is 65.4. The fourth-order valence-electron chi connectivity index (χ4n) is 7.97. The Hall–Kier alpha value is -8.12. The SMILES string of the molecule is CC.Cc1ccc(C(c2ccc(Oc3c(F)c(F)c(-c4c(F)c(F)c(C(C)C)c(F)c4F)c(F)c3F)cc2)(C(F)(F)F)C(F)(F)F)cc1.Cc1ccc(O)cc1.Cc1ccc(Oc2c(F)c(F)c(C(/C(F)=C(/F)C(C)C)=C(\F)CF)c(F)c2F)cc1. The first-order valence-corrected chi connectivity index (χ1v) is 25.1. The molecule has 7 aromatic carbocycles. The highest BCUT2D eigenvalue weighted by Gasteiger charge is 2.72. The van der Waals surface area contributed by atoms with Gasteiger partial charge in [0.1, 0.15) is 35.6 Å². The van der Waals surface area contributed by atoms with E-state index in [1.165, 1.54) is 36.8 Å². The number of allylic oxidation sites excluding steroid dienone is 4. The molecule has 86 heavy (non-hydrogen) atoms. The summed E-state index contributed by atoms with van der Waals surface area (Å²) in [6, 6.07) is 17.1. The highest BCUT2D eigenvalue weighted by Crippen LogP contribution is 2.57. The molecule has 0 unspecified atom stereocenters. The number of aryl methyl sites for hydroxylation is 3. The van der Waals surface area contributed by atoms with Crippen LogP contribution < -0.4 is 9.47 Å². The Kier molecular flexibility index (Phi) is 23.2. The molecule has 0 saturated heterocycles. The molecule has 1 N–H and O–H groups in total. The topological polar surface area (TPSA) is 38.7 Å². The van der Waals surface area contributed by atoms with Gasteiger partial charge in [-0.2, -0.15) is 43.9 Å². The molecule has 0 spiro atoms. The molecule has 464 valence electrons. The number of benzene rings is 7. The van der Waals surface area contributed by atoms with Gasteiger partial charge in [-0.15, -0.1) is 0 Å². The number of phenolic OH excluding ortho intramolecular Hbond substituents is 1. The van der Waals surface area contributed by atoms with Gasteiger partial charge in [0.25, 0.3) is 0 Å². The number of phenols is 1. The predicted octanol–water partition coefficient (Wildman–Crippen LogP) is 21.6. The van der Waals surface area contributed by atoms with Crippen LogP contribution in [0.5, 0.6) is 28.7 Å². The lowest BCUT2D eigenvalue weighted by atomic mass is 9.72. The van der Waals surface area contributed by atoms with Gasteiger partial charge < -0.3 is 14.6 Å². The standard InChI is InChI=1S/C31H18F14O.C21H16F8O.C7H8O.C2H6/c1-12(2)17-20(32)22(34)18(23(35)21(17)33)19-24(36)26(38)28(27(39)25(19)37)46-16-10-8-15(9-11-16)29(30(40,41)42,31(43,44)45)14-6-4-13(3)5-7-14;1-9(2)15(24)16(25)13(12(23)8-22)14-17(26)19(28)21(20(29)18(14)27)30-11-6-4-10(3)5-7-11;1-6-2-4-7(8)5-3-6;1-2/h4-12H,1-3H3;4-7,9H,8H2,1-3H3;2-5,8H,1H3;1-2H3/b;13-12+,16-15-;;. The van der Waals surface area contributed by atoms with Crippen LogP contribution in [0.15, 0.2) is 115 Å². The number of halogens is 22. The van der Waals surface area contributed by atoms with E-state index in [2.05, 4.69) is 4.74 Å². The average molecular weight is 1250 g/mol. The summed E-state index contributed by atoms with van der Waals surface area (Å²) in [6.07, 6.45) is -12.0. The number of aromatic hydroxyl groups is 1. The van der Waals surface area contributed by atoms with E-state index < -0.39 is 180 Å². The fourth-order valence-corrected chi connectivity index (χ4v) is 7.97. The number of alkyl halides is 7. The first-order valence-electron chi connectivity index (χ1n) is 25.1. The molecule has 0 aromatic heterocycles. The number of hydrogen-bond donors (Lipinski definition) is 1. The van der Waals surface area contributed by atoms with Crippen LogP contribution in [0.25, 0.3) is 16.7 Å². The van der Waals surface area contributed by atoms with Gasteiger partial charge in [-0.05, 0) is 74.2 Å². The summed E-state index contributed by atoms with van der Waals surface area (Å²) in [4.78, 5) is 0. The molecule has 7 rings (SSSR count). The summed E-state index contributed by atoms with van der Waals surface area (Å²) < 4.78 is 327. The molecule has 0 aliphatic rings. The Bertz CT molecular complexity index is 3470. The minimum absolute atomic E-state index is 0.187. The second-order valence-electron chi connectivity index (χ2n) is 18.8. The van der Waals surface area contributed by atoms with E-state index in [1.54, 1.807) is 19.1 Å². The van der Waals surface area contributed by atoms with Gasteiger partial charge in [-0.1, -0.05) is 119 Å². The third-order valence-electron chi connectivity index (χ3n) is 12.3. The largest absolute Gasteiger partial charge is 0.508 e. The predicted molar refractivity (Wildman–Crippen MR) is 276 cm³/mol. The molecule has 3 nitrogen and oxygen atoms in total. The van der Waals surface area contributed by atoms with E-state index in [9.17, 15) is 96.6 Å². The summed E-state index contributed by atoms with van der Waals surface area (Å²) in [5, 5.41) is 8.76.